The molecule has 0 saturated carbocycles. The number of benzene rings is 1. The van der Waals surface area contributed by atoms with Gasteiger partial charge in [0.15, 0.2) is 0 Å². The number of aryl methyl sites for hydroxylation is 1. The summed E-state index contributed by atoms with van der Waals surface area (Å²) in [5, 5.41) is 2.16. The summed E-state index contributed by atoms with van der Waals surface area (Å²) >= 11 is 0. The van der Waals surface area contributed by atoms with E-state index in [1.54, 1.807) is 0 Å². The number of aromatic nitrogens is 1. The Balaban J connectivity index is 2.00. The van der Waals surface area contributed by atoms with Gasteiger partial charge in [0.05, 0.1) is 6.61 Å². The Labute approximate surface area is 157 Å². The number of urea groups is 1. The zero-order chi connectivity index (χ0) is 19.7. The molecule has 0 atom stereocenters. The standard InChI is InChI=1S/C20H21N3O4/c1-5-27-16-8-6-15(7-9-16)23-12(2)10-14(13(23)3)11-17-18(24)21-20(26)22(4)19(17)25/h6-11H,5H2,1-4H3,(H,21,24,26)/b17-11-. The number of nitrogens with one attached hydrogen (secondary N) is 1. The van der Waals surface area contributed by atoms with E-state index in [4.69, 9.17) is 4.74 Å². The second-order valence-electron chi connectivity index (χ2n) is 6.27. The lowest BCUT2D eigenvalue weighted by atomic mass is 10.1. The molecule has 1 fully saturated rings. The van der Waals surface area contributed by atoms with Crippen LogP contribution in [0, 0.1) is 13.8 Å². The van der Waals surface area contributed by atoms with Crippen LogP contribution >= 0.6 is 0 Å². The molecule has 4 amide bonds. The second kappa shape index (κ2) is 7.11. The third kappa shape index (κ3) is 3.36. The summed E-state index contributed by atoms with van der Waals surface area (Å²) in [5.74, 6) is -0.508. The van der Waals surface area contributed by atoms with E-state index < -0.39 is 17.8 Å². The first-order valence-corrected chi connectivity index (χ1v) is 8.60. The van der Waals surface area contributed by atoms with E-state index in [2.05, 4.69) is 5.32 Å². The highest BCUT2D eigenvalue weighted by Gasteiger charge is 2.33. The smallest absolute Gasteiger partial charge is 0.331 e. The highest BCUT2D eigenvalue weighted by Crippen LogP contribution is 2.25. The number of barbiturate groups is 1. The molecule has 1 N–H and O–H groups in total. The first kappa shape index (κ1) is 18.4. The Kier molecular flexibility index (Phi) is 4.85. The molecule has 1 aliphatic heterocycles. The average Bonchev–Trinajstić information content (AvgIpc) is 2.91. The van der Waals surface area contributed by atoms with Gasteiger partial charge in [0.2, 0.25) is 0 Å². The lowest BCUT2D eigenvalue weighted by Crippen LogP contribution is -2.52. The maximum Gasteiger partial charge on any atom is 0.331 e. The number of amides is 4. The van der Waals surface area contributed by atoms with Crippen molar-refractivity contribution in [2.75, 3.05) is 13.7 Å². The third-order valence-corrected chi connectivity index (χ3v) is 4.48. The molecule has 1 aliphatic rings. The van der Waals surface area contributed by atoms with E-state index in [9.17, 15) is 14.4 Å². The van der Waals surface area contributed by atoms with Crippen molar-refractivity contribution < 1.29 is 19.1 Å². The minimum Gasteiger partial charge on any atom is -0.494 e. The molecule has 0 spiro atoms. The van der Waals surface area contributed by atoms with Crippen LogP contribution in [0.4, 0.5) is 4.79 Å². The topological polar surface area (TPSA) is 80.6 Å². The van der Waals surface area contributed by atoms with E-state index in [1.165, 1.54) is 13.1 Å². The van der Waals surface area contributed by atoms with Crippen molar-refractivity contribution in [1.29, 1.82) is 0 Å². The molecule has 7 nitrogen and oxygen atoms in total. The van der Waals surface area contributed by atoms with Crippen molar-refractivity contribution in [2.24, 2.45) is 0 Å². The lowest BCUT2D eigenvalue weighted by molar-refractivity contribution is -0.129. The average molecular weight is 367 g/mol. The molecule has 1 aromatic carbocycles. The SMILES string of the molecule is CCOc1ccc(-n2c(C)cc(/C=C3/C(=O)NC(=O)N(C)C3=O)c2C)cc1. The quantitative estimate of drug-likeness (QED) is 0.665. The predicted molar refractivity (Wildman–Crippen MR) is 101 cm³/mol. The molecule has 0 bridgehead atoms. The molecule has 1 saturated heterocycles. The molecule has 2 heterocycles. The van der Waals surface area contributed by atoms with Crippen LogP contribution in [-0.2, 0) is 9.59 Å². The van der Waals surface area contributed by atoms with Crippen molar-refractivity contribution in [2.45, 2.75) is 20.8 Å². The first-order chi connectivity index (χ1) is 12.8. The zero-order valence-corrected chi connectivity index (χ0v) is 15.7. The summed E-state index contributed by atoms with van der Waals surface area (Å²) in [6, 6.07) is 8.88. The second-order valence-corrected chi connectivity index (χ2v) is 6.27. The van der Waals surface area contributed by atoms with Gasteiger partial charge in [0.25, 0.3) is 11.8 Å². The van der Waals surface area contributed by atoms with E-state index in [1.807, 2.05) is 55.7 Å². The summed E-state index contributed by atoms with van der Waals surface area (Å²) < 4.78 is 7.50. The van der Waals surface area contributed by atoms with Crippen LogP contribution in [-0.4, -0.2) is 41.0 Å². The highest BCUT2D eigenvalue weighted by atomic mass is 16.5. The van der Waals surface area contributed by atoms with Gasteiger partial charge in [0.1, 0.15) is 11.3 Å². The molecular formula is C20H21N3O4. The van der Waals surface area contributed by atoms with Crippen molar-refractivity contribution in [1.82, 2.24) is 14.8 Å². The van der Waals surface area contributed by atoms with Crippen molar-refractivity contribution in [3.8, 4) is 11.4 Å². The van der Waals surface area contributed by atoms with Crippen LogP contribution in [0.15, 0.2) is 35.9 Å². The van der Waals surface area contributed by atoms with Gasteiger partial charge >= 0.3 is 6.03 Å². The molecule has 0 aliphatic carbocycles. The van der Waals surface area contributed by atoms with Gasteiger partial charge in [-0.2, -0.15) is 0 Å². The van der Waals surface area contributed by atoms with Gasteiger partial charge in [-0.15, -0.1) is 0 Å². The summed E-state index contributed by atoms with van der Waals surface area (Å²) in [6.07, 6.45) is 1.52. The van der Waals surface area contributed by atoms with Crippen LogP contribution in [0.25, 0.3) is 11.8 Å². The maximum atomic E-state index is 12.3. The molecule has 2 aromatic rings. The molecule has 27 heavy (non-hydrogen) atoms. The largest absolute Gasteiger partial charge is 0.494 e. The summed E-state index contributed by atoms with van der Waals surface area (Å²) in [7, 11) is 1.33. The molecule has 1 aromatic heterocycles. The number of ether oxygens (including phenoxy) is 1. The minimum absolute atomic E-state index is 0.0657. The highest BCUT2D eigenvalue weighted by molar-refractivity contribution is 6.30. The molecule has 7 heteroatoms. The van der Waals surface area contributed by atoms with Crippen molar-refractivity contribution >= 4 is 23.9 Å². The molecular weight excluding hydrogens is 346 g/mol. The maximum absolute atomic E-state index is 12.3. The predicted octanol–water partition coefficient (Wildman–Crippen LogP) is 2.58. The fourth-order valence-electron chi connectivity index (χ4n) is 3.09. The number of imide groups is 2. The fourth-order valence-corrected chi connectivity index (χ4v) is 3.09. The Morgan fingerprint density at radius 1 is 1.11 bits per heavy atom. The number of nitrogens with zero attached hydrogens (tertiary/aromatic N) is 2. The normalized spacial score (nSPS) is 16.1. The number of carbonyl (C=O) groups is 3. The van der Waals surface area contributed by atoms with Crippen LogP contribution in [0.2, 0.25) is 0 Å². The minimum atomic E-state index is -0.720. The van der Waals surface area contributed by atoms with Gasteiger partial charge in [0, 0.05) is 24.1 Å². The van der Waals surface area contributed by atoms with Gasteiger partial charge in [-0.1, -0.05) is 0 Å². The van der Waals surface area contributed by atoms with Crippen LogP contribution in [0.1, 0.15) is 23.9 Å². The van der Waals surface area contributed by atoms with E-state index in [0.717, 1.165) is 33.3 Å². The van der Waals surface area contributed by atoms with Gasteiger partial charge in [-0.05, 0) is 62.7 Å². The summed E-state index contributed by atoms with van der Waals surface area (Å²) in [4.78, 5) is 36.8. The van der Waals surface area contributed by atoms with Gasteiger partial charge in [-0.3, -0.25) is 19.8 Å². The van der Waals surface area contributed by atoms with Gasteiger partial charge in [-0.25, -0.2) is 4.79 Å². The molecule has 0 radical (unpaired) electrons. The van der Waals surface area contributed by atoms with Crippen LogP contribution in [0.5, 0.6) is 5.75 Å². The Morgan fingerprint density at radius 2 is 1.78 bits per heavy atom. The number of hydrogen-bond acceptors (Lipinski definition) is 4. The van der Waals surface area contributed by atoms with Crippen LogP contribution in [0.3, 0.4) is 0 Å². The van der Waals surface area contributed by atoms with E-state index >= 15 is 0 Å². The zero-order valence-electron chi connectivity index (χ0n) is 15.7. The van der Waals surface area contributed by atoms with Gasteiger partial charge < -0.3 is 9.30 Å². The molecule has 140 valence electrons. The molecule has 0 unspecified atom stereocenters. The number of hydrogen-bond donors (Lipinski definition) is 1. The van der Waals surface area contributed by atoms with Crippen LogP contribution < -0.4 is 10.1 Å². The number of rotatable bonds is 4. The first-order valence-electron chi connectivity index (χ1n) is 8.60. The van der Waals surface area contributed by atoms with Crippen molar-refractivity contribution in [3.05, 3.63) is 52.9 Å². The summed E-state index contributed by atoms with van der Waals surface area (Å²) in [5.41, 5.74) is 3.46. The van der Waals surface area contributed by atoms with E-state index in [-0.39, 0.29) is 5.57 Å². The third-order valence-electron chi connectivity index (χ3n) is 4.48. The Hall–Kier alpha value is -3.35. The number of carbonyl (C=O) groups excluding carboxylic acids is 3. The Bertz CT molecular complexity index is 954. The fraction of sp³-hybridized carbons (Fsp3) is 0.250. The summed E-state index contributed by atoms with van der Waals surface area (Å²) in [6.45, 7) is 6.40. The lowest BCUT2D eigenvalue weighted by Gasteiger charge is -2.22. The molecule has 3 rings (SSSR count). The number of likely N-dealkylation sites (N-methyl/N-ethyl adjacent to an activating group) is 1. The van der Waals surface area contributed by atoms with E-state index in [0.29, 0.717) is 6.61 Å². The van der Waals surface area contributed by atoms with Crippen molar-refractivity contribution in [3.63, 3.8) is 0 Å². The Morgan fingerprint density at radius 3 is 2.41 bits per heavy atom. The monoisotopic (exact) mass is 367 g/mol.